The molecule has 2 aromatic carbocycles. The van der Waals surface area contributed by atoms with Gasteiger partial charge in [-0.1, -0.05) is 80.6 Å². The molecule has 1 heteroatoms. The van der Waals surface area contributed by atoms with Gasteiger partial charge < -0.3 is 0 Å². The van der Waals surface area contributed by atoms with Crippen LogP contribution in [0.25, 0.3) is 11.1 Å². The molecule has 0 saturated carbocycles. The van der Waals surface area contributed by atoms with Gasteiger partial charge in [0, 0.05) is 16.6 Å². The minimum atomic E-state index is 0.0883. The van der Waals surface area contributed by atoms with Crippen molar-refractivity contribution < 1.29 is 0 Å². The summed E-state index contributed by atoms with van der Waals surface area (Å²) >= 11 is 1.93. The van der Waals surface area contributed by atoms with Crippen molar-refractivity contribution in [2.45, 2.75) is 30.4 Å². The highest BCUT2D eigenvalue weighted by Crippen LogP contribution is 2.49. The highest BCUT2D eigenvalue weighted by atomic mass is 32.2. The van der Waals surface area contributed by atoms with Crippen LogP contribution in [0.3, 0.4) is 0 Å². The lowest BCUT2D eigenvalue weighted by atomic mass is 9.80. The van der Waals surface area contributed by atoms with Gasteiger partial charge in [-0.05, 0) is 34.1 Å². The van der Waals surface area contributed by atoms with Crippen LogP contribution in [-0.4, -0.2) is 11.5 Å². The Labute approximate surface area is 143 Å². The molecule has 4 rings (SSSR count). The third-order valence-corrected chi connectivity index (χ3v) is 6.34. The quantitative estimate of drug-likeness (QED) is 0.661. The first kappa shape index (κ1) is 14.8. The Balaban J connectivity index is 1.83. The molecule has 2 atom stereocenters. The maximum absolute atomic E-state index is 2.45. The number of hydrogen-bond acceptors (Lipinski definition) is 1. The fourth-order valence-electron chi connectivity index (χ4n) is 4.04. The number of fused-ring (bicyclic) bond motifs is 3. The third kappa shape index (κ3) is 2.21. The van der Waals surface area contributed by atoms with E-state index in [4.69, 9.17) is 0 Å². The summed E-state index contributed by atoms with van der Waals surface area (Å²) in [6.07, 6.45) is 11.2. The summed E-state index contributed by atoms with van der Waals surface area (Å²) in [5, 5.41) is 0.532. The van der Waals surface area contributed by atoms with Crippen LogP contribution in [0.5, 0.6) is 0 Å². The minimum absolute atomic E-state index is 0.0883. The Morgan fingerprint density at radius 3 is 2.43 bits per heavy atom. The van der Waals surface area contributed by atoms with E-state index < -0.39 is 0 Å². The zero-order valence-corrected chi connectivity index (χ0v) is 14.7. The van der Waals surface area contributed by atoms with Gasteiger partial charge >= 0.3 is 0 Å². The van der Waals surface area contributed by atoms with E-state index in [1.54, 1.807) is 0 Å². The van der Waals surface area contributed by atoms with Crippen molar-refractivity contribution in [2.75, 3.05) is 6.26 Å². The fourth-order valence-corrected chi connectivity index (χ4v) is 4.83. The molecule has 23 heavy (non-hydrogen) atoms. The van der Waals surface area contributed by atoms with Crippen molar-refractivity contribution in [1.29, 1.82) is 0 Å². The Morgan fingerprint density at radius 2 is 1.61 bits per heavy atom. The zero-order chi connectivity index (χ0) is 16.0. The predicted octanol–water partition coefficient (Wildman–Crippen LogP) is 5.93. The van der Waals surface area contributed by atoms with E-state index in [9.17, 15) is 0 Å². The highest BCUT2D eigenvalue weighted by Gasteiger charge is 2.35. The van der Waals surface area contributed by atoms with E-state index >= 15 is 0 Å². The lowest BCUT2D eigenvalue weighted by molar-refractivity contribution is 0.658. The number of hydrogen-bond donors (Lipinski definition) is 0. The maximum Gasteiger partial charge on any atom is 0.0330 e. The van der Waals surface area contributed by atoms with Gasteiger partial charge in [-0.25, -0.2) is 0 Å². The zero-order valence-electron chi connectivity index (χ0n) is 13.9. The van der Waals surface area contributed by atoms with E-state index in [0.29, 0.717) is 11.2 Å². The molecular formula is C22H22S. The largest absolute Gasteiger partial charge is 0.157 e. The van der Waals surface area contributed by atoms with Crippen LogP contribution in [0.2, 0.25) is 0 Å². The Kier molecular flexibility index (Phi) is 3.50. The van der Waals surface area contributed by atoms with Gasteiger partial charge in [-0.3, -0.25) is 0 Å². The Hall–Kier alpha value is -1.73. The van der Waals surface area contributed by atoms with Crippen LogP contribution in [0.1, 0.15) is 36.5 Å². The smallest absolute Gasteiger partial charge is 0.0330 e. The Morgan fingerprint density at radius 1 is 0.870 bits per heavy atom. The van der Waals surface area contributed by atoms with Gasteiger partial charge in [0.15, 0.2) is 0 Å². The summed E-state index contributed by atoms with van der Waals surface area (Å²) in [5.74, 6) is 0.472. The van der Waals surface area contributed by atoms with Crippen molar-refractivity contribution >= 4 is 11.8 Å². The summed E-state index contributed by atoms with van der Waals surface area (Å²) in [4.78, 5) is 0. The maximum atomic E-state index is 2.45. The second-order valence-electron chi connectivity index (χ2n) is 6.97. The highest BCUT2D eigenvalue weighted by molar-refractivity contribution is 7.99. The van der Waals surface area contributed by atoms with Gasteiger partial charge in [-0.2, -0.15) is 11.8 Å². The van der Waals surface area contributed by atoms with Crippen molar-refractivity contribution in [2.24, 2.45) is 0 Å². The molecule has 2 unspecified atom stereocenters. The molecule has 0 amide bonds. The van der Waals surface area contributed by atoms with E-state index in [2.05, 4.69) is 86.9 Å². The summed E-state index contributed by atoms with van der Waals surface area (Å²) in [6, 6.07) is 16.0. The van der Waals surface area contributed by atoms with Crippen molar-refractivity contribution in [3.8, 4) is 11.1 Å². The summed E-state index contributed by atoms with van der Waals surface area (Å²) in [5.41, 5.74) is 7.26. The molecule has 0 spiro atoms. The van der Waals surface area contributed by atoms with Crippen LogP contribution in [0.15, 0.2) is 66.8 Å². The van der Waals surface area contributed by atoms with Gasteiger partial charge in [0.2, 0.25) is 0 Å². The SMILES string of the molecule is CSC1C=CC=CC1c1ccc2c(c1)C(C)(C)c1ccccc1-2. The lowest BCUT2D eigenvalue weighted by Crippen LogP contribution is -2.17. The number of allylic oxidation sites excluding steroid dienone is 3. The molecule has 0 heterocycles. The van der Waals surface area contributed by atoms with Crippen LogP contribution >= 0.6 is 11.8 Å². The van der Waals surface area contributed by atoms with E-state index in [1.165, 1.54) is 27.8 Å². The molecule has 0 nitrogen and oxygen atoms in total. The molecule has 0 saturated heterocycles. The van der Waals surface area contributed by atoms with Crippen LogP contribution in [-0.2, 0) is 5.41 Å². The van der Waals surface area contributed by atoms with Crippen molar-refractivity contribution in [3.63, 3.8) is 0 Å². The molecule has 2 aliphatic rings. The predicted molar refractivity (Wildman–Crippen MR) is 102 cm³/mol. The van der Waals surface area contributed by atoms with Crippen LogP contribution in [0, 0.1) is 0 Å². The van der Waals surface area contributed by atoms with Crippen molar-refractivity contribution in [1.82, 2.24) is 0 Å². The van der Waals surface area contributed by atoms with Gasteiger partial charge in [0.1, 0.15) is 0 Å². The summed E-state index contributed by atoms with van der Waals surface area (Å²) < 4.78 is 0. The average molecular weight is 318 g/mol. The monoisotopic (exact) mass is 318 g/mol. The minimum Gasteiger partial charge on any atom is -0.157 e. The normalized spacial score (nSPS) is 23.6. The molecule has 0 bridgehead atoms. The number of thioether (sulfide) groups is 1. The molecule has 116 valence electrons. The summed E-state index contributed by atoms with van der Waals surface area (Å²) in [7, 11) is 0. The molecule has 2 aromatic rings. The first-order valence-electron chi connectivity index (χ1n) is 8.25. The van der Waals surface area contributed by atoms with Crippen LogP contribution < -0.4 is 0 Å². The van der Waals surface area contributed by atoms with Crippen molar-refractivity contribution in [3.05, 3.63) is 83.5 Å². The van der Waals surface area contributed by atoms with Gasteiger partial charge in [-0.15, -0.1) is 0 Å². The first-order chi connectivity index (χ1) is 11.1. The van der Waals surface area contributed by atoms with Gasteiger partial charge in [0.05, 0.1) is 0 Å². The molecule has 0 fully saturated rings. The third-order valence-electron chi connectivity index (χ3n) is 5.35. The fraction of sp³-hybridized carbons (Fsp3) is 0.273. The van der Waals surface area contributed by atoms with E-state index in [1.807, 2.05) is 11.8 Å². The molecule has 0 aromatic heterocycles. The lowest BCUT2D eigenvalue weighted by Gasteiger charge is -2.26. The topological polar surface area (TPSA) is 0 Å². The molecule has 0 aliphatic heterocycles. The first-order valence-corrected chi connectivity index (χ1v) is 9.54. The number of rotatable bonds is 2. The standard InChI is InChI=1S/C22H22S/c1-22(2)19-10-6-4-9-17(19)18-13-12-15(14-20(18)22)16-8-5-7-11-21(16)23-3/h4-14,16,21H,1-3H3. The second kappa shape index (κ2) is 5.42. The summed E-state index contributed by atoms with van der Waals surface area (Å²) in [6.45, 7) is 4.70. The molecule has 0 radical (unpaired) electrons. The van der Waals surface area contributed by atoms with E-state index in [-0.39, 0.29) is 5.41 Å². The van der Waals surface area contributed by atoms with Crippen LogP contribution in [0.4, 0.5) is 0 Å². The molecule has 2 aliphatic carbocycles. The average Bonchev–Trinajstić information content (AvgIpc) is 2.83. The second-order valence-corrected chi connectivity index (χ2v) is 7.99. The Bertz CT molecular complexity index is 810. The molecular weight excluding hydrogens is 296 g/mol. The van der Waals surface area contributed by atoms with Gasteiger partial charge in [0.25, 0.3) is 0 Å². The number of benzene rings is 2. The van der Waals surface area contributed by atoms with E-state index in [0.717, 1.165) is 0 Å². The molecule has 0 N–H and O–H groups in total.